The fourth-order valence-corrected chi connectivity index (χ4v) is 9.23. The lowest BCUT2D eigenvalue weighted by atomic mass is 10.1. The zero-order valence-electron chi connectivity index (χ0n) is 23.4. The van der Waals surface area contributed by atoms with E-state index in [1.54, 1.807) is 6.08 Å². The Morgan fingerprint density at radius 3 is 2.40 bits per heavy atom. The molecule has 0 saturated carbocycles. The number of thiocarbonyl (C=S) groups is 1. The van der Waals surface area contributed by atoms with Crippen LogP contribution in [-0.4, -0.2) is 73.7 Å². The maximum absolute atomic E-state index is 13.7. The van der Waals surface area contributed by atoms with Gasteiger partial charge in [0, 0.05) is 22.6 Å². The quantitative estimate of drug-likeness (QED) is 0.232. The van der Waals surface area contributed by atoms with Crippen molar-refractivity contribution in [2.24, 2.45) is 0 Å². The number of allylic oxidation sites excluding steroid dienone is 1. The van der Waals surface area contributed by atoms with Gasteiger partial charge in [-0.15, -0.1) is 11.3 Å². The second-order valence-electron chi connectivity index (χ2n) is 9.87. The average molecular weight is 707 g/mol. The van der Waals surface area contributed by atoms with Crippen molar-refractivity contribution in [3.8, 4) is 0 Å². The lowest BCUT2D eigenvalue weighted by molar-refractivity contribution is -0.140. The Kier molecular flexibility index (Phi) is 9.57. The summed E-state index contributed by atoms with van der Waals surface area (Å²) >= 11 is 8.33. The summed E-state index contributed by atoms with van der Waals surface area (Å²) in [5, 5.41) is 21.3. The highest BCUT2D eigenvalue weighted by Gasteiger charge is 2.35. The van der Waals surface area contributed by atoms with Crippen molar-refractivity contribution in [3.63, 3.8) is 0 Å². The highest BCUT2D eigenvalue weighted by Crippen LogP contribution is 2.50. The molecule has 1 amide bonds. The summed E-state index contributed by atoms with van der Waals surface area (Å²) < 4.78 is 35.3. The zero-order valence-corrected chi connectivity index (χ0v) is 27.5. The summed E-state index contributed by atoms with van der Waals surface area (Å²) in [5.41, 5.74) is 0.746. The molecule has 0 aliphatic carbocycles. The standard InChI is InChI=1S/C28H25N3O9S5/c1-2-15(23-25(36)30(13-20(32)33)27(43-23)24-26(37)31(14-21(34)35)28(41)44-24)12-19-29(10-5-11-45(38,39)40)22-17-7-4-3-6-16(17)8-9-18(22)42-19/h3-4,6-9,12H,2,5,10-11,13-14H2,1H3,(H,32,33)(H,34,35)(H,38,39,40)/p-1/b19-12-,23-15+,27-24-. The van der Waals surface area contributed by atoms with E-state index in [1.807, 2.05) is 48.2 Å². The second-order valence-corrected chi connectivity index (χ2v) is 15.1. The lowest BCUT2D eigenvalue weighted by Crippen LogP contribution is -2.37. The Bertz CT molecular complexity index is 2100. The van der Waals surface area contributed by atoms with E-state index in [0.29, 0.717) is 17.0 Å². The Balaban J connectivity index is 1.69. The Morgan fingerprint density at radius 2 is 1.73 bits per heavy atom. The molecule has 0 spiro atoms. The molecule has 0 atom stereocenters. The maximum Gasteiger partial charge on any atom is 0.323 e. The molecule has 0 bridgehead atoms. The third kappa shape index (κ3) is 6.87. The van der Waals surface area contributed by atoms with Crippen molar-refractivity contribution < 1.29 is 37.6 Å². The van der Waals surface area contributed by atoms with Gasteiger partial charge in [0.25, 0.3) is 11.5 Å². The van der Waals surface area contributed by atoms with Crippen LogP contribution in [0.1, 0.15) is 19.8 Å². The number of thiazole rings is 1. The van der Waals surface area contributed by atoms with Gasteiger partial charge in [-0.1, -0.05) is 73.0 Å². The molecule has 2 aliphatic rings. The highest BCUT2D eigenvalue weighted by molar-refractivity contribution is 8.30. The Morgan fingerprint density at radius 1 is 1.02 bits per heavy atom. The fraction of sp³-hybridized carbons (Fsp3) is 0.250. The first-order chi connectivity index (χ1) is 21.3. The normalized spacial score (nSPS) is 17.9. The van der Waals surface area contributed by atoms with Crippen LogP contribution in [0, 0.1) is 0 Å². The minimum absolute atomic E-state index is 0.0217. The molecule has 17 heteroatoms. The predicted octanol–water partition coefficient (Wildman–Crippen LogP) is 2.15. The first-order valence-electron chi connectivity index (χ1n) is 13.4. The summed E-state index contributed by atoms with van der Waals surface area (Å²) in [6, 6.07) is 11.6. The van der Waals surface area contributed by atoms with Crippen molar-refractivity contribution in [2.45, 2.75) is 31.2 Å². The highest BCUT2D eigenvalue weighted by atomic mass is 32.2. The maximum atomic E-state index is 13.7. The Labute approximate surface area is 274 Å². The van der Waals surface area contributed by atoms with Gasteiger partial charge in [-0.05, 0) is 35.9 Å². The van der Waals surface area contributed by atoms with Gasteiger partial charge in [-0.3, -0.25) is 28.6 Å². The second kappa shape index (κ2) is 13.1. The first-order valence-corrected chi connectivity index (χ1v) is 17.8. The van der Waals surface area contributed by atoms with Crippen molar-refractivity contribution >= 4 is 106 Å². The van der Waals surface area contributed by atoms with Crippen molar-refractivity contribution in [1.82, 2.24) is 9.47 Å². The minimum atomic E-state index is -4.44. The molecule has 12 nitrogen and oxygen atoms in total. The fourth-order valence-electron chi connectivity index (χ4n) is 4.94. The number of benzene rings is 2. The number of aliphatic carboxylic acids is 2. The number of carbonyl (C=O) groups excluding carboxylic acids is 1. The molecule has 236 valence electrons. The van der Waals surface area contributed by atoms with E-state index in [9.17, 15) is 42.4 Å². The number of hydrogen-bond acceptors (Lipinski definition) is 12. The lowest BCUT2D eigenvalue weighted by Gasteiger charge is -2.22. The van der Waals surface area contributed by atoms with E-state index in [2.05, 4.69) is 0 Å². The number of amides is 1. The molecule has 45 heavy (non-hydrogen) atoms. The van der Waals surface area contributed by atoms with Crippen LogP contribution in [0.25, 0.3) is 21.3 Å². The SMILES string of the molecule is CCC(/C=C1\Sc2ccc3ccccc3c2N1CCCS(=O)(=O)[O-])=c1\s/c(=C2\SC(=S)N(CC(=O)O)C2=O)n(CC(=O)O)c1=O. The monoisotopic (exact) mass is 706 g/mol. The molecule has 3 heterocycles. The molecule has 3 aromatic rings. The number of fused-ring (bicyclic) bond motifs is 3. The van der Waals surface area contributed by atoms with Gasteiger partial charge in [-0.25, -0.2) is 8.42 Å². The van der Waals surface area contributed by atoms with E-state index >= 15 is 0 Å². The van der Waals surface area contributed by atoms with Gasteiger partial charge in [0.05, 0.1) is 25.4 Å². The molecule has 2 aliphatic heterocycles. The number of hydrogen-bond donors (Lipinski definition) is 2. The number of carboxylic acid groups (broad SMARTS) is 2. The molecular formula is C28H24N3O9S5-. The summed E-state index contributed by atoms with van der Waals surface area (Å²) in [5.74, 6) is -3.88. The summed E-state index contributed by atoms with van der Waals surface area (Å²) in [7, 11) is -4.44. The molecule has 1 saturated heterocycles. The number of rotatable bonds is 10. The topological polar surface area (TPSA) is 177 Å². The molecule has 2 aromatic carbocycles. The van der Waals surface area contributed by atoms with E-state index in [1.165, 1.54) is 11.8 Å². The van der Waals surface area contributed by atoms with Crippen molar-refractivity contribution in [2.75, 3.05) is 23.7 Å². The number of thioether (sulfide) groups is 2. The molecule has 2 N–H and O–H groups in total. The summed E-state index contributed by atoms with van der Waals surface area (Å²) in [6.45, 7) is 0.611. The number of aromatic nitrogens is 1. The van der Waals surface area contributed by atoms with Gasteiger partial charge in [-0.2, -0.15) is 0 Å². The van der Waals surface area contributed by atoms with Crippen LogP contribution in [0.5, 0.6) is 0 Å². The van der Waals surface area contributed by atoms with E-state index < -0.39 is 52.4 Å². The minimum Gasteiger partial charge on any atom is -0.748 e. The van der Waals surface area contributed by atoms with Crippen molar-refractivity contribution in [1.29, 1.82) is 0 Å². The van der Waals surface area contributed by atoms with Crippen LogP contribution in [-0.2, 0) is 31.0 Å². The zero-order chi connectivity index (χ0) is 32.6. The number of nitrogens with zero attached hydrogens (tertiary/aromatic N) is 3. The van der Waals surface area contributed by atoms with E-state index in [4.69, 9.17) is 12.2 Å². The number of carbonyl (C=O) groups is 3. The van der Waals surface area contributed by atoms with E-state index in [-0.39, 0.29) is 31.4 Å². The third-order valence-electron chi connectivity index (χ3n) is 6.87. The molecule has 0 unspecified atom stereocenters. The van der Waals surface area contributed by atoms with Crippen LogP contribution in [0.15, 0.2) is 57.2 Å². The predicted molar refractivity (Wildman–Crippen MR) is 177 cm³/mol. The molecular weight excluding hydrogens is 683 g/mol. The number of anilines is 1. The molecule has 1 aromatic heterocycles. The van der Waals surface area contributed by atoms with Gasteiger partial charge in [0.1, 0.15) is 27.0 Å². The number of carboxylic acids is 2. The largest absolute Gasteiger partial charge is 0.748 e. The molecule has 1 fully saturated rings. The van der Waals surface area contributed by atoms with E-state index in [0.717, 1.165) is 53.9 Å². The van der Waals surface area contributed by atoms with Gasteiger partial charge < -0.3 is 19.7 Å². The van der Waals surface area contributed by atoms with Crippen LogP contribution >= 0.6 is 47.1 Å². The van der Waals surface area contributed by atoms with Crippen molar-refractivity contribution in [3.05, 3.63) is 67.1 Å². The van der Waals surface area contributed by atoms with Crippen LogP contribution < -0.4 is 19.7 Å². The van der Waals surface area contributed by atoms with Gasteiger partial charge in [0.15, 0.2) is 0 Å². The Hall–Kier alpha value is -3.48. The van der Waals surface area contributed by atoms with Crippen LogP contribution in [0.4, 0.5) is 5.69 Å². The average Bonchev–Trinajstić information content (AvgIpc) is 3.57. The molecule has 5 rings (SSSR count). The third-order valence-corrected chi connectivity index (χ3v) is 11.6. The first kappa shape index (κ1) is 32.9. The van der Waals surface area contributed by atoms with Gasteiger partial charge in [0.2, 0.25) is 0 Å². The summed E-state index contributed by atoms with van der Waals surface area (Å²) in [4.78, 5) is 53.6. The molecule has 0 radical (unpaired) electrons. The van der Waals surface area contributed by atoms with Gasteiger partial charge >= 0.3 is 11.9 Å². The van der Waals surface area contributed by atoms with Crippen LogP contribution in [0.3, 0.4) is 0 Å². The smallest absolute Gasteiger partial charge is 0.323 e. The summed E-state index contributed by atoms with van der Waals surface area (Å²) in [6.07, 6.45) is 2.18. The van der Waals surface area contributed by atoms with Crippen LogP contribution in [0.2, 0.25) is 0 Å².